The molecule has 2 aromatic rings. The number of aliphatic hydroxyl groups excluding tert-OH is 2. The Morgan fingerprint density at radius 1 is 1.29 bits per heavy atom. The summed E-state index contributed by atoms with van der Waals surface area (Å²) in [5, 5.41) is 20.0. The molecule has 0 amide bonds. The number of aliphatic hydroxyl groups is 2. The Balaban J connectivity index is 2.76. The molecule has 0 radical (unpaired) electrons. The van der Waals surface area contributed by atoms with Gasteiger partial charge in [-0.25, -0.2) is 0 Å². The third-order valence-corrected chi connectivity index (χ3v) is 3.14. The summed E-state index contributed by atoms with van der Waals surface area (Å²) in [4.78, 5) is 0. The van der Waals surface area contributed by atoms with Gasteiger partial charge in [-0.2, -0.15) is 0 Å². The number of benzene rings is 1. The molecule has 17 heavy (non-hydrogen) atoms. The molecule has 1 aromatic heterocycles. The number of fused-ring (bicyclic) bond motifs is 1. The fourth-order valence-electron chi connectivity index (χ4n) is 2.46. The molecule has 0 saturated heterocycles. The van der Waals surface area contributed by atoms with Gasteiger partial charge in [0.2, 0.25) is 0 Å². The van der Waals surface area contributed by atoms with Gasteiger partial charge in [0.05, 0.1) is 12.7 Å². The fraction of sp³-hybridized carbons (Fsp3) is 0.429. The Morgan fingerprint density at radius 2 is 2.00 bits per heavy atom. The molecular weight excluding hydrogens is 214 g/mol. The van der Waals surface area contributed by atoms with E-state index in [9.17, 15) is 5.11 Å². The maximum Gasteiger partial charge on any atom is 0.0782 e. The van der Waals surface area contributed by atoms with Crippen LogP contribution in [0.15, 0.2) is 18.3 Å². The molecule has 1 heterocycles. The predicted octanol–water partition coefficient (Wildman–Crippen LogP) is 2.30. The van der Waals surface area contributed by atoms with Gasteiger partial charge < -0.3 is 14.8 Å². The number of hydrogen-bond donors (Lipinski definition) is 2. The molecule has 92 valence electrons. The highest BCUT2D eigenvalue weighted by Crippen LogP contribution is 2.30. The second kappa shape index (κ2) is 4.51. The van der Waals surface area contributed by atoms with Crippen LogP contribution in [0.1, 0.15) is 29.7 Å². The van der Waals surface area contributed by atoms with E-state index in [2.05, 4.69) is 26.0 Å². The normalized spacial score (nSPS) is 13.2. The fourth-order valence-corrected chi connectivity index (χ4v) is 2.46. The minimum atomic E-state index is -0.487. The zero-order valence-electron chi connectivity index (χ0n) is 10.6. The van der Waals surface area contributed by atoms with E-state index in [-0.39, 0.29) is 6.61 Å². The average Bonchev–Trinajstić information content (AvgIpc) is 2.58. The summed E-state index contributed by atoms with van der Waals surface area (Å²) in [6, 6.07) is 4.22. The van der Waals surface area contributed by atoms with Gasteiger partial charge in [0.25, 0.3) is 0 Å². The predicted molar refractivity (Wildman–Crippen MR) is 69.1 cm³/mol. The SMILES string of the molecule is Cc1cc(C)c2c(C(C)O)cn(CCO)c2c1. The van der Waals surface area contributed by atoms with Crippen LogP contribution in [-0.4, -0.2) is 21.4 Å². The van der Waals surface area contributed by atoms with E-state index < -0.39 is 6.10 Å². The lowest BCUT2D eigenvalue weighted by atomic mass is 10.0. The lowest BCUT2D eigenvalue weighted by Gasteiger charge is -2.06. The van der Waals surface area contributed by atoms with Crippen LogP contribution < -0.4 is 0 Å². The second-order valence-electron chi connectivity index (χ2n) is 4.65. The standard InChI is InChI=1S/C14H19NO2/c1-9-6-10(2)14-12(11(3)17)8-15(4-5-16)13(14)7-9/h6-8,11,16-17H,4-5H2,1-3H3. The summed E-state index contributed by atoms with van der Waals surface area (Å²) >= 11 is 0. The van der Waals surface area contributed by atoms with Gasteiger partial charge in [0, 0.05) is 29.2 Å². The second-order valence-corrected chi connectivity index (χ2v) is 4.65. The first-order chi connectivity index (χ1) is 8.04. The van der Waals surface area contributed by atoms with E-state index in [0.717, 1.165) is 16.5 Å². The molecule has 2 N–H and O–H groups in total. The summed E-state index contributed by atoms with van der Waals surface area (Å²) in [6.07, 6.45) is 1.46. The van der Waals surface area contributed by atoms with Crippen LogP contribution in [0, 0.1) is 13.8 Å². The quantitative estimate of drug-likeness (QED) is 0.854. The van der Waals surface area contributed by atoms with Crippen molar-refractivity contribution < 1.29 is 10.2 Å². The molecule has 2 rings (SSSR count). The third-order valence-electron chi connectivity index (χ3n) is 3.14. The topological polar surface area (TPSA) is 45.4 Å². The average molecular weight is 233 g/mol. The summed E-state index contributed by atoms with van der Waals surface area (Å²) in [6.45, 7) is 6.56. The monoisotopic (exact) mass is 233 g/mol. The highest BCUT2D eigenvalue weighted by molar-refractivity contribution is 5.88. The molecule has 0 fully saturated rings. The van der Waals surface area contributed by atoms with Crippen molar-refractivity contribution >= 4 is 10.9 Å². The Bertz CT molecular complexity index is 541. The summed E-state index contributed by atoms with van der Waals surface area (Å²) in [7, 11) is 0. The molecule has 1 aromatic carbocycles. The van der Waals surface area contributed by atoms with Crippen LogP contribution in [0.2, 0.25) is 0 Å². The lowest BCUT2D eigenvalue weighted by Crippen LogP contribution is -2.00. The van der Waals surface area contributed by atoms with Crippen molar-refractivity contribution in [1.82, 2.24) is 4.57 Å². The Labute approximate surface area is 101 Å². The van der Waals surface area contributed by atoms with Gasteiger partial charge in [0.15, 0.2) is 0 Å². The van der Waals surface area contributed by atoms with Crippen LogP contribution >= 0.6 is 0 Å². The molecule has 1 atom stereocenters. The van der Waals surface area contributed by atoms with Crippen molar-refractivity contribution in [2.45, 2.75) is 33.4 Å². The maximum atomic E-state index is 9.82. The molecule has 0 aliphatic carbocycles. The minimum absolute atomic E-state index is 0.107. The van der Waals surface area contributed by atoms with Crippen molar-refractivity contribution in [2.75, 3.05) is 6.61 Å². The Kier molecular flexibility index (Phi) is 3.22. The van der Waals surface area contributed by atoms with Gasteiger partial charge in [-0.15, -0.1) is 0 Å². The van der Waals surface area contributed by atoms with Gasteiger partial charge >= 0.3 is 0 Å². The van der Waals surface area contributed by atoms with Crippen LogP contribution in [-0.2, 0) is 6.54 Å². The van der Waals surface area contributed by atoms with Crippen molar-refractivity contribution in [3.8, 4) is 0 Å². The van der Waals surface area contributed by atoms with E-state index >= 15 is 0 Å². The van der Waals surface area contributed by atoms with E-state index in [1.807, 2.05) is 10.8 Å². The highest BCUT2D eigenvalue weighted by Gasteiger charge is 2.14. The minimum Gasteiger partial charge on any atom is -0.395 e. The van der Waals surface area contributed by atoms with Crippen LogP contribution in [0.5, 0.6) is 0 Å². The molecule has 3 nitrogen and oxygen atoms in total. The number of rotatable bonds is 3. The summed E-state index contributed by atoms with van der Waals surface area (Å²) in [5.74, 6) is 0. The number of aromatic nitrogens is 1. The first kappa shape index (κ1) is 12.1. The zero-order chi connectivity index (χ0) is 12.6. The van der Waals surface area contributed by atoms with Crippen LogP contribution in [0.4, 0.5) is 0 Å². The maximum absolute atomic E-state index is 9.82. The Hall–Kier alpha value is -1.32. The van der Waals surface area contributed by atoms with Crippen molar-refractivity contribution in [3.05, 3.63) is 35.0 Å². The lowest BCUT2D eigenvalue weighted by molar-refractivity contribution is 0.200. The third kappa shape index (κ3) is 2.08. The van der Waals surface area contributed by atoms with Crippen molar-refractivity contribution in [3.63, 3.8) is 0 Å². The molecule has 0 aliphatic heterocycles. The van der Waals surface area contributed by atoms with Gasteiger partial charge in [-0.3, -0.25) is 0 Å². The first-order valence-corrected chi connectivity index (χ1v) is 5.93. The number of hydrogen-bond acceptors (Lipinski definition) is 2. The van der Waals surface area contributed by atoms with E-state index in [1.165, 1.54) is 11.1 Å². The first-order valence-electron chi connectivity index (χ1n) is 5.93. The zero-order valence-corrected chi connectivity index (χ0v) is 10.6. The van der Waals surface area contributed by atoms with Crippen LogP contribution in [0.25, 0.3) is 10.9 Å². The molecule has 3 heteroatoms. The number of aryl methyl sites for hydroxylation is 2. The van der Waals surface area contributed by atoms with Crippen molar-refractivity contribution in [1.29, 1.82) is 0 Å². The van der Waals surface area contributed by atoms with Gasteiger partial charge in [-0.1, -0.05) is 6.07 Å². The molecular formula is C14H19NO2. The molecule has 1 unspecified atom stereocenters. The molecule has 0 aliphatic rings. The van der Waals surface area contributed by atoms with Crippen LogP contribution in [0.3, 0.4) is 0 Å². The van der Waals surface area contributed by atoms with Crippen molar-refractivity contribution in [2.24, 2.45) is 0 Å². The summed E-state index contributed by atoms with van der Waals surface area (Å²) in [5.41, 5.74) is 4.40. The smallest absolute Gasteiger partial charge is 0.0782 e. The van der Waals surface area contributed by atoms with E-state index in [4.69, 9.17) is 5.11 Å². The van der Waals surface area contributed by atoms with E-state index in [1.54, 1.807) is 6.92 Å². The van der Waals surface area contributed by atoms with Gasteiger partial charge in [0.1, 0.15) is 0 Å². The largest absolute Gasteiger partial charge is 0.395 e. The summed E-state index contributed by atoms with van der Waals surface area (Å²) < 4.78 is 2.01. The highest BCUT2D eigenvalue weighted by atomic mass is 16.3. The molecule has 0 bridgehead atoms. The Morgan fingerprint density at radius 3 is 2.59 bits per heavy atom. The van der Waals surface area contributed by atoms with E-state index in [0.29, 0.717) is 6.54 Å². The van der Waals surface area contributed by atoms with Gasteiger partial charge in [-0.05, 0) is 38.0 Å². The molecule has 0 saturated carbocycles. The number of nitrogens with zero attached hydrogens (tertiary/aromatic N) is 1. The molecule has 0 spiro atoms.